The van der Waals surface area contributed by atoms with Crippen LogP contribution in [0.25, 0.3) is 10.8 Å². The van der Waals surface area contributed by atoms with Crippen molar-refractivity contribution in [1.82, 2.24) is 0 Å². The Balaban J connectivity index is 1.71. The molecule has 0 aliphatic rings. The van der Waals surface area contributed by atoms with Crippen LogP contribution in [0.15, 0.2) is 158 Å². The Hall–Kier alpha value is -2.78. The van der Waals surface area contributed by atoms with Gasteiger partial charge in [-0.3, -0.25) is 0 Å². The first-order valence-electron chi connectivity index (χ1n) is 12.2. The molecule has 0 nitrogen and oxygen atoms in total. The van der Waals surface area contributed by atoms with Gasteiger partial charge in [0.05, 0.1) is 0 Å². The zero-order valence-corrected chi connectivity index (χ0v) is 25.0. The molecule has 36 heavy (non-hydrogen) atoms. The normalized spacial score (nSPS) is 11.3. The fourth-order valence-electron chi connectivity index (χ4n) is 4.80. The van der Waals surface area contributed by atoms with Crippen LogP contribution in [-0.2, 0) is 0 Å². The number of benzene rings is 6. The van der Waals surface area contributed by atoms with E-state index < -0.39 is 40.4 Å². The van der Waals surface area contributed by atoms with Gasteiger partial charge in [0.2, 0.25) is 0 Å². The molecule has 0 spiro atoms. The molecule has 0 heterocycles. The first-order chi connectivity index (χ1) is 17.9. The van der Waals surface area contributed by atoms with Gasteiger partial charge in [-0.05, 0) is 0 Å². The molecule has 0 saturated heterocycles. The van der Waals surface area contributed by atoms with E-state index >= 15 is 0 Å². The van der Waals surface area contributed by atoms with Crippen molar-refractivity contribution < 1.29 is 0 Å². The number of hydrogen-bond donors (Lipinski definition) is 0. The molecule has 0 unspecified atom stereocenters. The predicted octanol–water partition coefficient (Wildman–Crippen LogP) is 3.87. The van der Waals surface area contributed by atoms with Crippen LogP contribution >= 0.6 is 0 Å². The summed E-state index contributed by atoms with van der Waals surface area (Å²) < 4.78 is 9.33. The third-order valence-corrected chi connectivity index (χ3v) is 22.4. The van der Waals surface area contributed by atoms with Crippen LogP contribution < -0.4 is 21.1 Å². The molecule has 6 rings (SSSR count). The van der Waals surface area contributed by atoms with Crippen molar-refractivity contribution >= 4 is 72.3 Å². The molecule has 0 aromatic heterocycles. The molecule has 6 aromatic carbocycles. The zero-order chi connectivity index (χ0) is 24.2. The van der Waals surface area contributed by atoms with E-state index in [2.05, 4.69) is 158 Å². The zero-order valence-electron chi connectivity index (χ0n) is 19.9. The molecular formula is C34H26Sb2. The number of hydrogen-bond acceptors (Lipinski definition) is 0. The second kappa shape index (κ2) is 11.1. The second-order valence-electron chi connectivity index (χ2n) is 8.67. The van der Waals surface area contributed by atoms with Gasteiger partial charge in [0.1, 0.15) is 0 Å². The van der Waals surface area contributed by atoms with E-state index in [0.717, 1.165) is 0 Å². The summed E-state index contributed by atoms with van der Waals surface area (Å²) in [4.78, 5) is 0. The van der Waals surface area contributed by atoms with Gasteiger partial charge < -0.3 is 0 Å². The quantitative estimate of drug-likeness (QED) is 0.235. The van der Waals surface area contributed by atoms with Gasteiger partial charge in [-0.25, -0.2) is 0 Å². The summed E-state index contributed by atoms with van der Waals surface area (Å²) in [6, 6.07) is 59.1. The van der Waals surface area contributed by atoms with Crippen LogP contribution in [0.5, 0.6) is 0 Å². The van der Waals surface area contributed by atoms with Crippen molar-refractivity contribution in [1.29, 1.82) is 0 Å². The summed E-state index contributed by atoms with van der Waals surface area (Å²) in [5, 5.41) is 2.78. The SMILES string of the molecule is c1cc[c]([Sb]([c]2ccccc2)[c]2ccc3ccccc3[c]2[Sb]([c]2ccccc2)[c]2ccccc2)cc1. The van der Waals surface area contributed by atoms with Gasteiger partial charge in [0, 0.05) is 0 Å². The van der Waals surface area contributed by atoms with E-state index in [1.165, 1.54) is 24.8 Å². The van der Waals surface area contributed by atoms with Gasteiger partial charge in [-0.15, -0.1) is 0 Å². The topological polar surface area (TPSA) is 0 Å². The fraction of sp³-hybridized carbons (Fsp3) is 0. The Morgan fingerprint density at radius 2 is 0.694 bits per heavy atom. The van der Waals surface area contributed by atoms with E-state index in [4.69, 9.17) is 0 Å². The molecule has 0 saturated carbocycles. The van der Waals surface area contributed by atoms with E-state index in [0.29, 0.717) is 0 Å². The standard InChI is InChI=1S/C10H6.4C6H5.2Sb/c1-2-6-10-8-4-3-7-9(10)5-1;4*1-2-4-6-5-3-1;;/h1-3,5-7H;4*1-5H;;. The molecule has 0 aliphatic carbocycles. The predicted molar refractivity (Wildman–Crippen MR) is 159 cm³/mol. The number of rotatable bonds is 6. The minimum absolute atomic E-state index is 1.35. The molecule has 0 aliphatic heterocycles. The molecule has 0 atom stereocenters. The van der Waals surface area contributed by atoms with E-state index in [1.807, 2.05) is 0 Å². The average molecular weight is 678 g/mol. The van der Waals surface area contributed by atoms with Crippen molar-refractivity contribution in [3.05, 3.63) is 158 Å². The molecule has 2 heteroatoms. The van der Waals surface area contributed by atoms with E-state index in [-0.39, 0.29) is 0 Å². The number of fused-ring (bicyclic) bond motifs is 1. The molecule has 0 N–H and O–H groups in total. The Morgan fingerprint density at radius 3 is 1.17 bits per heavy atom. The van der Waals surface area contributed by atoms with Gasteiger partial charge in [-0.1, -0.05) is 0 Å². The van der Waals surface area contributed by atoms with Gasteiger partial charge >= 0.3 is 230 Å². The summed E-state index contributed by atoms with van der Waals surface area (Å²) in [7, 11) is 0. The van der Waals surface area contributed by atoms with Crippen LogP contribution in [0.2, 0.25) is 0 Å². The molecule has 0 amide bonds. The first-order valence-corrected chi connectivity index (χ1v) is 19.9. The van der Waals surface area contributed by atoms with E-state index in [9.17, 15) is 0 Å². The summed E-state index contributed by atoms with van der Waals surface area (Å²) in [5.74, 6) is 0. The summed E-state index contributed by atoms with van der Waals surface area (Å²) in [6.07, 6.45) is 0. The Morgan fingerprint density at radius 1 is 0.306 bits per heavy atom. The Bertz CT molecular complexity index is 1480. The third kappa shape index (κ3) is 4.78. The summed E-state index contributed by atoms with van der Waals surface area (Å²) >= 11 is -4.69. The van der Waals surface area contributed by atoms with Gasteiger partial charge in [0.25, 0.3) is 0 Å². The van der Waals surface area contributed by atoms with Gasteiger partial charge in [0.15, 0.2) is 0 Å². The van der Waals surface area contributed by atoms with Crippen LogP contribution in [0.4, 0.5) is 0 Å². The molecule has 172 valence electrons. The monoisotopic (exact) mass is 676 g/mol. The Labute approximate surface area is 228 Å². The summed E-state index contributed by atoms with van der Waals surface area (Å²) in [6.45, 7) is 0. The van der Waals surface area contributed by atoms with Crippen LogP contribution in [0.3, 0.4) is 0 Å². The molecular weight excluding hydrogens is 652 g/mol. The van der Waals surface area contributed by atoms with Crippen molar-refractivity contribution in [2.45, 2.75) is 0 Å². The molecule has 0 fully saturated rings. The first kappa shape index (κ1) is 23.6. The molecule has 0 bridgehead atoms. The van der Waals surface area contributed by atoms with Crippen molar-refractivity contribution in [2.24, 2.45) is 0 Å². The molecule has 0 radical (unpaired) electrons. The van der Waals surface area contributed by atoms with Crippen molar-refractivity contribution in [2.75, 3.05) is 0 Å². The Kier molecular flexibility index (Phi) is 7.27. The van der Waals surface area contributed by atoms with Crippen molar-refractivity contribution in [3.8, 4) is 0 Å². The summed E-state index contributed by atoms with van der Waals surface area (Å²) in [5.41, 5.74) is 0. The maximum atomic E-state index is 2.49. The average Bonchev–Trinajstić information content (AvgIpc) is 2.96. The maximum absolute atomic E-state index is 2.49. The van der Waals surface area contributed by atoms with Crippen LogP contribution in [0, 0.1) is 0 Å². The third-order valence-electron chi connectivity index (χ3n) is 6.40. The van der Waals surface area contributed by atoms with E-state index in [1.54, 1.807) is 7.02 Å². The van der Waals surface area contributed by atoms with Gasteiger partial charge in [-0.2, -0.15) is 0 Å². The minimum atomic E-state index is -2.37. The molecule has 6 aromatic rings. The second-order valence-corrected chi connectivity index (χ2v) is 21.0. The van der Waals surface area contributed by atoms with Crippen LogP contribution in [-0.4, -0.2) is 40.4 Å². The fourth-order valence-corrected chi connectivity index (χ4v) is 22.5. The van der Waals surface area contributed by atoms with Crippen LogP contribution in [0.1, 0.15) is 0 Å². The van der Waals surface area contributed by atoms with Crippen molar-refractivity contribution in [3.63, 3.8) is 0 Å².